The molecule has 0 bridgehead atoms. The Balaban J connectivity index is 2.18. The standard InChI is InChI=1S/C16H16BrNO2/c1-11-9-13(16(19)20)5-8-15(11)18(2)10-12-3-6-14(17)7-4-12/h3-9H,10H2,1-2H3,(H,19,20). The molecule has 0 aliphatic heterocycles. The summed E-state index contributed by atoms with van der Waals surface area (Å²) in [7, 11) is 2.00. The lowest BCUT2D eigenvalue weighted by Crippen LogP contribution is -2.17. The van der Waals surface area contributed by atoms with Crippen LogP contribution in [0.4, 0.5) is 5.69 Å². The van der Waals surface area contributed by atoms with Gasteiger partial charge < -0.3 is 10.0 Å². The SMILES string of the molecule is Cc1cc(C(=O)O)ccc1N(C)Cc1ccc(Br)cc1. The smallest absolute Gasteiger partial charge is 0.335 e. The lowest BCUT2D eigenvalue weighted by molar-refractivity contribution is 0.0697. The molecule has 0 fully saturated rings. The first-order valence-corrected chi connectivity index (χ1v) is 7.06. The highest BCUT2D eigenvalue weighted by atomic mass is 79.9. The summed E-state index contributed by atoms with van der Waals surface area (Å²) in [6.45, 7) is 2.71. The number of hydrogen-bond acceptors (Lipinski definition) is 2. The number of aromatic carboxylic acids is 1. The van der Waals surface area contributed by atoms with Gasteiger partial charge in [0, 0.05) is 23.8 Å². The Morgan fingerprint density at radius 2 is 1.85 bits per heavy atom. The second kappa shape index (κ2) is 6.09. The van der Waals surface area contributed by atoms with Crippen LogP contribution in [0.15, 0.2) is 46.9 Å². The summed E-state index contributed by atoms with van der Waals surface area (Å²) < 4.78 is 1.06. The van der Waals surface area contributed by atoms with Crippen LogP contribution in [-0.2, 0) is 6.54 Å². The lowest BCUT2D eigenvalue weighted by Gasteiger charge is -2.22. The number of rotatable bonds is 4. The van der Waals surface area contributed by atoms with Gasteiger partial charge in [-0.2, -0.15) is 0 Å². The Morgan fingerprint density at radius 3 is 2.40 bits per heavy atom. The van der Waals surface area contributed by atoms with Crippen LogP contribution in [0.5, 0.6) is 0 Å². The molecule has 0 atom stereocenters. The molecule has 0 heterocycles. The summed E-state index contributed by atoms with van der Waals surface area (Å²) in [5, 5.41) is 8.98. The fourth-order valence-corrected chi connectivity index (χ4v) is 2.43. The summed E-state index contributed by atoms with van der Waals surface area (Å²) in [4.78, 5) is 13.1. The van der Waals surface area contributed by atoms with Crippen molar-refractivity contribution in [3.8, 4) is 0 Å². The van der Waals surface area contributed by atoms with Crippen molar-refractivity contribution >= 4 is 27.6 Å². The molecular formula is C16H16BrNO2. The minimum atomic E-state index is -0.893. The number of benzene rings is 2. The van der Waals surface area contributed by atoms with E-state index in [1.54, 1.807) is 12.1 Å². The van der Waals surface area contributed by atoms with Gasteiger partial charge in [0.1, 0.15) is 0 Å². The number of carboxylic acids is 1. The number of hydrogen-bond donors (Lipinski definition) is 1. The Kier molecular flexibility index (Phi) is 4.45. The van der Waals surface area contributed by atoms with Gasteiger partial charge in [0.25, 0.3) is 0 Å². The van der Waals surface area contributed by atoms with Crippen molar-refractivity contribution < 1.29 is 9.90 Å². The van der Waals surface area contributed by atoms with Crippen LogP contribution in [0.2, 0.25) is 0 Å². The van der Waals surface area contributed by atoms with E-state index in [1.807, 2.05) is 32.2 Å². The van der Waals surface area contributed by atoms with E-state index >= 15 is 0 Å². The summed E-state index contributed by atoms with van der Waals surface area (Å²) in [5.74, 6) is -0.893. The van der Waals surface area contributed by atoms with Crippen LogP contribution in [0, 0.1) is 6.92 Å². The van der Waals surface area contributed by atoms with Gasteiger partial charge in [-0.3, -0.25) is 0 Å². The molecule has 104 valence electrons. The van der Waals surface area contributed by atoms with Gasteiger partial charge in [0.05, 0.1) is 5.56 Å². The van der Waals surface area contributed by atoms with Crippen molar-refractivity contribution in [2.24, 2.45) is 0 Å². The molecule has 0 saturated heterocycles. The van der Waals surface area contributed by atoms with Crippen LogP contribution in [0.1, 0.15) is 21.5 Å². The molecule has 0 unspecified atom stereocenters. The van der Waals surface area contributed by atoms with Crippen molar-refractivity contribution in [1.29, 1.82) is 0 Å². The molecular weight excluding hydrogens is 318 g/mol. The third-order valence-corrected chi connectivity index (χ3v) is 3.72. The molecule has 0 saturated carbocycles. The predicted molar refractivity (Wildman–Crippen MR) is 84.4 cm³/mol. The molecule has 20 heavy (non-hydrogen) atoms. The molecule has 4 heteroatoms. The van der Waals surface area contributed by atoms with Crippen LogP contribution in [0.3, 0.4) is 0 Å². The highest BCUT2D eigenvalue weighted by Crippen LogP contribution is 2.22. The van der Waals surface area contributed by atoms with Crippen molar-refractivity contribution in [2.75, 3.05) is 11.9 Å². The third-order valence-electron chi connectivity index (χ3n) is 3.19. The van der Waals surface area contributed by atoms with Crippen molar-refractivity contribution in [1.82, 2.24) is 0 Å². The normalized spacial score (nSPS) is 10.3. The van der Waals surface area contributed by atoms with Crippen LogP contribution in [0.25, 0.3) is 0 Å². The molecule has 0 amide bonds. The van der Waals surface area contributed by atoms with Gasteiger partial charge in [-0.1, -0.05) is 28.1 Å². The number of aryl methyl sites for hydroxylation is 1. The topological polar surface area (TPSA) is 40.5 Å². The average molecular weight is 334 g/mol. The second-order valence-electron chi connectivity index (χ2n) is 4.79. The molecule has 0 spiro atoms. The minimum Gasteiger partial charge on any atom is -0.478 e. The maximum atomic E-state index is 10.9. The first-order valence-electron chi connectivity index (χ1n) is 6.27. The van der Waals surface area contributed by atoms with Crippen molar-refractivity contribution in [3.05, 3.63) is 63.6 Å². The van der Waals surface area contributed by atoms with Crippen molar-refractivity contribution in [3.63, 3.8) is 0 Å². The fourth-order valence-electron chi connectivity index (χ4n) is 2.17. The summed E-state index contributed by atoms with van der Waals surface area (Å²) in [6, 6.07) is 13.4. The van der Waals surface area contributed by atoms with Crippen molar-refractivity contribution in [2.45, 2.75) is 13.5 Å². The van der Waals surface area contributed by atoms with E-state index in [4.69, 9.17) is 5.11 Å². The average Bonchev–Trinajstić information content (AvgIpc) is 2.41. The molecule has 3 nitrogen and oxygen atoms in total. The van der Waals surface area contributed by atoms with Crippen LogP contribution < -0.4 is 4.90 Å². The van der Waals surface area contributed by atoms with E-state index in [1.165, 1.54) is 5.56 Å². The minimum absolute atomic E-state index is 0.322. The zero-order chi connectivity index (χ0) is 14.7. The summed E-state index contributed by atoms with van der Waals surface area (Å²) >= 11 is 3.42. The molecule has 0 aromatic heterocycles. The van der Waals surface area contributed by atoms with E-state index < -0.39 is 5.97 Å². The maximum Gasteiger partial charge on any atom is 0.335 e. The van der Waals surface area contributed by atoms with Gasteiger partial charge in [-0.05, 0) is 48.4 Å². The molecule has 2 aromatic rings. The van der Waals surface area contributed by atoms with Gasteiger partial charge in [0.15, 0.2) is 0 Å². The fraction of sp³-hybridized carbons (Fsp3) is 0.188. The second-order valence-corrected chi connectivity index (χ2v) is 5.70. The number of carboxylic acid groups (broad SMARTS) is 1. The van der Waals surface area contributed by atoms with Crippen LogP contribution in [-0.4, -0.2) is 18.1 Å². The Bertz CT molecular complexity index is 623. The number of anilines is 1. The summed E-state index contributed by atoms with van der Waals surface area (Å²) in [6.07, 6.45) is 0. The third kappa shape index (κ3) is 3.39. The highest BCUT2D eigenvalue weighted by molar-refractivity contribution is 9.10. The summed E-state index contributed by atoms with van der Waals surface area (Å²) in [5.41, 5.74) is 3.53. The van der Waals surface area contributed by atoms with E-state index in [9.17, 15) is 4.79 Å². The first kappa shape index (κ1) is 14.6. The molecule has 0 aliphatic carbocycles. The zero-order valence-corrected chi connectivity index (χ0v) is 13.0. The Labute approximate surface area is 127 Å². The van der Waals surface area contributed by atoms with Gasteiger partial charge >= 0.3 is 5.97 Å². The number of nitrogens with zero attached hydrogens (tertiary/aromatic N) is 1. The molecule has 1 N–H and O–H groups in total. The Hall–Kier alpha value is -1.81. The lowest BCUT2D eigenvalue weighted by atomic mass is 10.1. The molecule has 0 aliphatic rings. The van der Waals surface area contributed by atoms with Crippen LogP contribution >= 0.6 is 15.9 Å². The maximum absolute atomic E-state index is 10.9. The predicted octanol–water partition coefficient (Wildman–Crippen LogP) is 4.09. The molecule has 2 aromatic carbocycles. The molecule has 2 rings (SSSR count). The number of carbonyl (C=O) groups is 1. The number of halogens is 1. The highest BCUT2D eigenvalue weighted by Gasteiger charge is 2.09. The van der Waals surface area contributed by atoms with E-state index in [0.717, 1.165) is 22.3 Å². The first-order chi connectivity index (χ1) is 9.47. The van der Waals surface area contributed by atoms with Gasteiger partial charge in [-0.15, -0.1) is 0 Å². The van der Waals surface area contributed by atoms with E-state index in [2.05, 4.69) is 33.0 Å². The zero-order valence-electron chi connectivity index (χ0n) is 11.4. The quantitative estimate of drug-likeness (QED) is 0.915. The largest absolute Gasteiger partial charge is 0.478 e. The van der Waals surface area contributed by atoms with Gasteiger partial charge in [-0.25, -0.2) is 4.79 Å². The Morgan fingerprint density at radius 1 is 1.20 bits per heavy atom. The molecule has 0 radical (unpaired) electrons. The van der Waals surface area contributed by atoms with E-state index in [0.29, 0.717) is 5.56 Å². The van der Waals surface area contributed by atoms with Gasteiger partial charge in [0.2, 0.25) is 0 Å². The monoisotopic (exact) mass is 333 g/mol. The van der Waals surface area contributed by atoms with E-state index in [-0.39, 0.29) is 0 Å².